The molecular formula is C13H12N. The van der Waals surface area contributed by atoms with Gasteiger partial charge in [0, 0.05) is 25.1 Å². The van der Waals surface area contributed by atoms with Crippen molar-refractivity contribution < 1.29 is 0 Å². The number of hydrogen-bond donors (Lipinski definition) is 1. The number of fused-ring (bicyclic) bond motifs is 2. The largest absolute Gasteiger partial charge is 0.384 e. The highest BCUT2D eigenvalue weighted by Crippen LogP contribution is 2.32. The van der Waals surface area contributed by atoms with Crippen LogP contribution in [0.5, 0.6) is 0 Å². The second-order valence-corrected chi connectivity index (χ2v) is 3.70. The smallest absolute Gasteiger partial charge is 0.0404 e. The van der Waals surface area contributed by atoms with Crippen LogP contribution in [0.2, 0.25) is 0 Å². The molecule has 3 rings (SSSR count). The third kappa shape index (κ3) is 1.09. The van der Waals surface area contributed by atoms with Gasteiger partial charge >= 0.3 is 0 Å². The fourth-order valence-electron chi connectivity index (χ4n) is 2.12. The summed E-state index contributed by atoms with van der Waals surface area (Å²) in [6, 6.07) is 8.62. The predicted octanol–water partition coefficient (Wildman–Crippen LogP) is 2.67. The Bertz CT molecular complexity index is 427. The second-order valence-electron chi connectivity index (χ2n) is 3.70. The summed E-state index contributed by atoms with van der Waals surface area (Å²) in [4.78, 5) is 0. The maximum atomic E-state index is 3.47. The van der Waals surface area contributed by atoms with Crippen LogP contribution in [-0.2, 0) is 6.54 Å². The Morgan fingerprint density at radius 3 is 3.07 bits per heavy atom. The molecule has 1 heteroatoms. The van der Waals surface area contributed by atoms with Crippen molar-refractivity contribution in [3.8, 4) is 0 Å². The summed E-state index contributed by atoms with van der Waals surface area (Å²) < 4.78 is 0. The van der Waals surface area contributed by atoms with Crippen molar-refractivity contribution in [2.24, 2.45) is 0 Å². The molecule has 1 aliphatic carbocycles. The van der Waals surface area contributed by atoms with Crippen molar-refractivity contribution >= 4 is 5.57 Å². The number of rotatable bonds is 0. The molecule has 1 nitrogen and oxygen atoms in total. The first-order valence-electron chi connectivity index (χ1n) is 5.00. The van der Waals surface area contributed by atoms with Crippen molar-refractivity contribution in [3.05, 3.63) is 59.7 Å². The Labute approximate surface area is 84.1 Å². The minimum atomic E-state index is 0.969. The number of allylic oxidation sites excluding steroid dienone is 3. The van der Waals surface area contributed by atoms with Gasteiger partial charge in [0.2, 0.25) is 0 Å². The molecule has 0 fully saturated rings. The van der Waals surface area contributed by atoms with Gasteiger partial charge in [-0.05, 0) is 16.7 Å². The van der Waals surface area contributed by atoms with Gasteiger partial charge in [0.05, 0.1) is 0 Å². The monoisotopic (exact) mass is 182 g/mol. The lowest BCUT2D eigenvalue weighted by atomic mass is 9.89. The highest BCUT2D eigenvalue weighted by molar-refractivity contribution is 5.80. The van der Waals surface area contributed by atoms with Crippen molar-refractivity contribution in [2.75, 3.05) is 0 Å². The van der Waals surface area contributed by atoms with E-state index in [1.165, 1.54) is 22.4 Å². The standard InChI is InChI=1S/C13H12N/c1-2-6-11-10(5-1)9-14-13-8-4-3-7-12(11)13/h1-7,14H,8-9H2. The van der Waals surface area contributed by atoms with Gasteiger partial charge in [0.1, 0.15) is 0 Å². The van der Waals surface area contributed by atoms with Crippen LogP contribution >= 0.6 is 0 Å². The molecule has 0 saturated carbocycles. The van der Waals surface area contributed by atoms with E-state index in [4.69, 9.17) is 0 Å². The van der Waals surface area contributed by atoms with Gasteiger partial charge in [0.15, 0.2) is 0 Å². The molecule has 1 N–H and O–H groups in total. The van der Waals surface area contributed by atoms with Crippen LogP contribution in [0.25, 0.3) is 5.57 Å². The zero-order chi connectivity index (χ0) is 9.38. The van der Waals surface area contributed by atoms with E-state index in [0.29, 0.717) is 0 Å². The first-order valence-corrected chi connectivity index (χ1v) is 5.00. The molecule has 1 aliphatic heterocycles. The Hall–Kier alpha value is -1.50. The SMILES string of the molecule is [CH]1C=CCC2=C1c1ccccc1CN2. The normalized spacial score (nSPS) is 18.6. The lowest BCUT2D eigenvalue weighted by Gasteiger charge is -2.25. The van der Waals surface area contributed by atoms with Gasteiger partial charge in [-0.15, -0.1) is 0 Å². The summed E-state index contributed by atoms with van der Waals surface area (Å²) >= 11 is 0. The van der Waals surface area contributed by atoms with E-state index in [2.05, 4.69) is 48.2 Å². The van der Waals surface area contributed by atoms with Crippen LogP contribution in [0.1, 0.15) is 17.5 Å². The molecule has 0 spiro atoms. The molecule has 14 heavy (non-hydrogen) atoms. The van der Waals surface area contributed by atoms with Crippen LogP contribution < -0.4 is 5.32 Å². The van der Waals surface area contributed by atoms with E-state index in [-0.39, 0.29) is 0 Å². The Balaban J connectivity index is 2.14. The lowest BCUT2D eigenvalue weighted by molar-refractivity contribution is 0.770. The molecule has 1 radical (unpaired) electrons. The fraction of sp³-hybridized carbons (Fsp3) is 0.154. The Morgan fingerprint density at radius 2 is 2.07 bits per heavy atom. The first kappa shape index (κ1) is 7.86. The number of nitrogens with one attached hydrogen (secondary N) is 1. The second kappa shape index (κ2) is 3.02. The maximum absolute atomic E-state index is 3.47. The van der Waals surface area contributed by atoms with Gasteiger partial charge in [-0.1, -0.05) is 36.4 Å². The molecule has 0 saturated heterocycles. The van der Waals surface area contributed by atoms with Crippen LogP contribution in [-0.4, -0.2) is 0 Å². The van der Waals surface area contributed by atoms with Crippen LogP contribution in [0.3, 0.4) is 0 Å². The van der Waals surface area contributed by atoms with Crippen LogP contribution in [0, 0.1) is 6.42 Å². The van der Waals surface area contributed by atoms with E-state index in [1.54, 1.807) is 0 Å². The van der Waals surface area contributed by atoms with E-state index >= 15 is 0 Å². The fourth-order valence-corrected chi connectivity index (χ4v) is 2.12. The minimum Gasteiger partial charge on any atom is -0.384 e. The quantitative estimate of drug-likeness (QED) is 0.650. The summed E-state index contributed by atoms with van der Waals surface area (Å²) in [5.74, 6) is 0. The van der Waals surface area contributed by atoms with Gasteiger partial charge < -0.3 is 5.32 Å². The molecule has 1 aromatic carbocycles. The number of benzene rings is 1. The van der Waals surface area contributed by atoms with Crippen LogP contribution in [0.15, 0.2) is 42.1 Å². The summed E-state index contributed by atoms with van der Waals surface area (Å²) in [6.45, 7) is 0.969. The Kier molecular flexibility index (Phi) is 1.69. The van der Waals surface area contributed by atoms with Crippen molar-refractivity contribution in [1.82, 2.24) is 5.32 Å². The van der Waals surface area contributed by atoms with Gasteiger partial charge in [-0.3, -0.25) is 0 Å². The summed E-state index contributed by atoms with van der Waals surface area (Å²) in [5, 5.41) is 3.47. The van der Waals surface area contributed by atoms with Crippen LogP contribution in [0.4, 0.5) is 0 Å². The molecule has 0 atom stereocenters. The third-order valence-electron chi connectivity index (χ3n) is 2.85. The predicted molar refractivity (Wildman–Crippen MR) is 58.3 cm³/mol. The van der Waals surface area contributed by atoms with Crippen molar-refractivity contribution in [2.45, 2.75) is 13.0 Å². The lowest BCUT2D eigenvalue weighted by Crippen LogP contribution is -2.21. The van der Waals surface area contributed by atoms with E-state index in [1.807, 2.05) is 0 Å². The van der Waals surface area contributed by atoms with E-state index in [0.717, 1.165) is 13.0 Å². The number of hydrogen-bond acceptors (Lipinski definition) is 1. The summed E-state index contributed by atoms with van der Waals surface area (Å²) in [7, 11) is 0. The Morgan fingerprint density at radius 1 is 1.14 bits per heavy atom. The molecule has 69 valence electrons. The molecule has 1 aromatic rings. The van der Waals surface area contributed by atoms with Crippen molar-refractivity contribution in [1.29, 1.82) is 0 Å². The molecule has 0 amide bonds. The van der Waals surface area contributed by atoms with E-state index < -0.39 is 0 Å². The topological polar surface area (TPSA) is 12.0 Å². The van der Waals surface area contributed by atoms with Gasteiger partial charge in [0.25, 0.3) is 0 Å². The molecule has 0 bridgehead atoms. The molecule has 0 aromatic heterocycles. The van der Waals surface area contributed by atoms with Crippen molar-refractivity contribution in [3.63, 3.8) is 0 Å². The highest BCUT2D eigenvalue weighted by Gasteiger charge is 2.18. The summed E-state index contributed by atoms with van der Waals surface area (Å²) in [6.07, 6.45) is 7.58. The van der Waals surface area contributed by atoms with E-state index in [9.17, 15) is 0 Å². The average Bonchev–Trinajstić information content (AvgIpc) is 2.29. The zero-order valence-electron chi connectivity index (χ0n) is 7.96. The maximum Gasteiger partial charge on any atom is 0.0404 e. The van der Waals surface area contributed by atoms with Gasteiger partial charge in [-0.25, -0.2) is 0 Å². The first-order chi connectivity index (χ1) is 6.95. The molecule has 1 heterocycles. The minimum absolute atomic E-state index is 0.969. The third-order valence-corrected chi connectivity index (χ3v) is 2.85. The highest BCUT2D eigenvalue weighted by atomic mass is 14.9. The summed E-state index contributed by atoms with van der Waals surface area (Å²) in [5.41, 5.74) is 5.53. The van der Waals surface area contributed by atoms with Gasteiger partial charge in [-0.2, -0.15) is 0 Å². The molecule has 0 unspecified atom stereocenters. The zero-order valence-corrected chi connectivity index (χ0v) is 7.96. The molecular weight excluding hydrogens is 170 g/mol. The average molecular weight is 182 g/mol. The molecule has 2 aliphatic rings.